The molecule has 0 aliphatic rings. The number of aryl methyl sites for hydroxylation is 1. The smallest absolute Gasteiger partial charge is 0.123 e. The predicted molar refractivity (Wildman–Crippen MR) is 87.5 cm³/mol. The Balaban J connectivity index is 1.70. The van der Waals surface area contributed by atoms with Gasteiger partial charge in [0.1, 0.15) is 5.01 Å². The second-order valence-electron chi connectivity index (χ2n) is 4.91. The van der Waals surface area contributed by atoms with Crippen LogP contribution in [0.15, 0.2) is 48.2 Å². The van der Waals surface area contributed by atoms with Crippen LogP contribution in [0.1, 0.15) is 25.5 Å². The molecule has 108 valence electrons. The summed E-state index contributed by atoms with van der Waals surface area (Å²) in [5.74, 6) is 0. The summed E-state index contributed by atoms with van der Waals surface area (Å²) in [6, 6.07) is 8.62. The maximum atomic E-state index is 4.32. The fraction of sp³-hybridized carbons (Fsp3) is 0.250. The zero-order valence-electron chi connectivity index (χ0n) is 12.2. The molecule has 0 saturated heterocycles. The molecule has 0 aliphatic heterocycles. The molecule has 0 bridgehead atoms. The van der Waals surface area contributed by atoms with Gasteiger partial charge in [-0.25, -0.2) is 4.98 Å². The molecule has 0 saturated carbocycles. The third-order valence-corrected chi connectivity index (χ3v) is 4.25. The molecular weight excluding hydrogens is 280 g/mol. The Morgan fingerprint density at radius 2 is 2.10 bits per heavy atom. The first-order valence-corrected chi connectivity index (χ1v) is 7.93. The molecule has 1 N–H and O–H groups in total. The first kappa shape index (κ1) is 13.8. The molecule has 0 spiro atoms. The van der Waals surface area contributed by atoms with E-state index in [1.54, 1.807) is 11.3 Å². The van der Waals surface area contributed by atoms with Crippen molar-refractivity contribution in [3.05, 3.63) is 53.8 Å². The van der Waals surface area contributed by atoms with Crippen molar-refractivity contribution in [1.82, 2.24) is 14.8 Å². The molecule has 1 atom stereocenters. The van der Waals surface area contributed by atoms with Crippen LogP contribution in [-0.4, -0.2) is 14.8 Å². The van der Waals surface area contributed by atoms with Crippen LogP contribution in [0.2, 0.25) is 0 Å². The highest BCUT2D eigenvalue weighted by Crippen LogP contribution is 2.25. The highest BCUT2D eigenvalue weighted by atomic mass is 32.1. The maximum Gasteiger partial charge on any atom is 0.123 e. The van der Waals surface area contributed by atoms with Crippen LogP contribution in [0.25, 0.3) is 10.6 Å². The van der Waals surface area contributed by atoms with Gasteiger partial charge >= 0.3 is 0 Å². The molecule has 3 rings (SSSR count). The van der Waals surface area contributed by atoms with Crippen molar-refractivity contribution in [2.24, 2.45) is 0 Å². The van der Waals surface area contributed by atoms with E-state index in [-0.39, 0.29) is 6.04 Å². The SMILES string of the molecule is CCn1cc(C(C)Nc2ccc(-c3nccs3)cc2)cn1. The summed E-state index contributed by atoms with van der Waals surface area (Å²) in [4.78, 5) is 4.32. The van der Waals surface area contributed by atoms with Crippen LogP contribution in [0.4, 0.5) is 5.69 Å². The van der Waals surface area contributed by atoms with E-state index in [4.69, 9.17) is 0 Å². The third kappa shape index (κ3) is 3.13. The van der Waals surface area contributed by atoms with Crippen molar-refractivity contribution in [3.8, 4) is 10.6 Å². The molecule has 4 nitrogen and oxygen atoms in total. The second kappa shape index (κ2) is 6.10. The number of hydrogen-bond donors (Lipinski definition) is 1. The molecule has 2 heterocycles. The summed E-state index contributed by atoms with van der Waals surface area (Å²) < 4.78 is 1.94. The quantitative estimate of drug-likeness (QED) is 0.767. The van der Waals surface area contributed by atoms with Crippen molar-refractivity contribution in [1.29, 1.82) is 0 Å². The van der Waals surface area contributed by atoms with Crippen molar-refractivity contribution in [3.63, 3.8) is 0 Å². The number of nitrogens with zero attached hydrogens (tertiary/aromatic N) is 3. The largest absolute Gasteiger partial charge is 0.378 e. The molecule has 21 heavy (non-hydrogen) atoms. The summed E-state index contributed by atoms with van der Waals surface area (Å²) in [5.41, 5.74) is 3.45. The van der Waals surface area contributed by atoms with Crippen LogP contribution >= 0.6 is 11.3 Å². The van der Waals surface area contributed by atoms with Crippen LogP contribution in [0.5, 0.6) is 0 Å². The maximum absolute atomic E-state index is 4.32. The van der Waals surface area contributed by atoms with E-state index < -0.39 is 0 Å². The number of thiazole rings is 1. The summed E-state index contributed by atoms with van der Waals surface area (Å²) in [5, 5.41) is 10.9. The second-order valence-corrected chi connectivity index (χ2v) is 5.80. The Labute approximate surface area is 128 Å². The predicted octanol–water partition coefficient (Wildman–Crippen LogP) is 4.20. The van der Waals surface area contributed by atoms with Gasteiger partial charge in [-0.05, 0) is 38.1 Å². The Kier molecular flexibility index (Phi) is 4.01. The minimum Gasteiger partial charge on any atom is -0.378 e. The van der Waals surface area contributed by atoms with E-state index in [1.807, 2.05) is 22.5 Å². The number of anilines is 1. The topological polar surface area (TPSA) is 42.7 Å². The molecule has 0 fully saturated rings. The lowest BCUT2D eigenvalue weighted by Gasteiger charge is -2.13. The van der Waals surface area contributed by atoms with Gasteiger partial charge in [-0.3, -0.25) is 4.68 Å². The molecular formula is C16H18N4S. The van der Waals surface area contributed by atoms with Gasteiger partial charge in [0, 0.05) is 41.1 Å². The standard InChI is InChI=1S/C16H18N4S/c1-3-20-11-14(10-18-20)12(2)19-15-6-4-13(5-7-15)16-17-8-9-21-16/h4-12,19H,3H2,1-2H3. The van der Waals surface area contributed by atoms with Gasteiger partial charge in [-0.2, -0.15) is 5.10 Å². The first-order chi connectivity index (χ1) is 10.3. The number of aromatic nitrogens is 3. The normalized spacial score (nSPS) is 12.3. The molecule has 0 aliphatic carbocycles. The van der Waals surface area contributed by atoms with Gasteiger partial charge in [0.2, 0.25) is 0 Å². The van der Waals surface area contributed by atoms with E-state index in [0.29, 0.717) is 0 Å². The van der Waals surface area contributed by atoms with Crippen molar-refractivity contribution in [2.75, 3.05) is 5.32 Å². The molecule has 1 unspecified atom stereocenters. The monoisotopic (exact) mass is 298 g/mol. The number of hydrogen-bond acceptors (Lipinski definition) is 4. The lowest BCUT2D eigenvalue weighted by atomic mass is 10.1. The zero-order chi connectivity index (χ0) is 14.7. The average molecular weight is 298 g/mol. The number of nitrogens with one attached hydrogen (secondary N) is 1. The van der Waals surface area contributed by atoms with E-state index >= 15 is 0 Å². The summed E-state index contributed by atoms with van der Waals surface area (Å²) in [6.45, 7) is 5.13. The van der Waals surface area contributed by atoms with E-state index in [1.165, 1.54) is 5.56 Å². The fourth-order valence-electron chi connectivity index (χ4n) is 2.18. The average Bonchev–Trinajstić information content (AvgIpc) is 3.19. The Bertz CT molecular complexity index is 685. The highest BCUT2D eigenvalue weighted by molar-refractivity contribution is 7.13. The molecule has 0 radical (unpaired) electrons. The lowest BCUT2D eigenvalue weighted by Crippen LogP contribution is -2.05. The molecule has 1 aromatic carbocycles. The van der Waals surface area contributed by atoms with Crippen molar-refractivity contribution in [2.45, 2.75) is 26.4 Å². The fourth-order valence-corrected chi connectivity index (χ4v) is 2.83. The van der Waals surface area contributed by atoms with Gasteiger partial charge in [-0.15, -0.1) is 11.3 Å². The Morgan fingerprint density at radius 3 is 2.71 bits per heavy atom. The first-order valence-electron chi connectivity index (χ1n) is 7.05. The third-order valence-electron chi connectivity index (χ3n) is 3.42. The Morgan fingerprint density at radius 1 is 1.29 bits per heavy atom. The van der Waals surface area contributed by atoms with Crippen molar-refractivity contribution < 1.29 is 0 Å². The summed E-state index contributed by atoms with van der Waals surface area (Å²) >= 11 is 1.66. The molecule has 2 aromatic heterocycles. The minimum absolute atomic E-state index is 0.232. The van der Waals surface area contributed by atoms with E-state index in [9.17, 15) is 0 Å². The van der Waals surface area contributed by atoms with Crippen LogP contribution in [0.3, 0.4) is 0 Å². The van der Waals surface area contributed by atoms with Crippen LogP contribution in [0, 0.1) is 0 Å². The van der Waals surface area contributed by atoms with Crippen molar-refractivity contribution >= 4 is 17.0 Å². The van der Waals surface area contributed by atoms with Crippen LogP contribution in [-0.2, 0) is 6.54 Å². The van der Waals surface area contributed by atoms with Gasteiger partial charge in [-0.1, -0.05) is 0 Å². The van der Waals surface area contributed by atoms with Gasteiger partial charge < -0.3 is 5.32 Å². The number of rotatable bonds is 5. The van der Waals surface area contributed by atoms with Gasteiger partial charge in [0.25, 0.3) is 0 Å². The molecule has 5 heteroatoms. The summed E-state index contributed by atoms with van der Waals surface area (Å²) in [6.07, 6.45) is 5.84. The molecule has 0 amide bonds. The zero-order valence-corrected chi connectivity index (χ0v) is 13.0. The summed E-state index contributed by atoms with van der Waals surface area (Å²) in [7, 11) is 0. The van der Waals surface area contributed by atoms with Gasteiger partial charge in [0.05, 0.1) is 12.2 Å². The minimum atomic E-state index is 0.232. The lowest BCUT2D eigenvalue weighted by molar-refractivity contribution is 0.658. The highest BCUT2D eigenvalue weighted by Gasteiger charge is 2.08. The Hall–Kier alpha value is -2.14. The van der Waals surface area contributed by atoms with E-state index in [0.717, 1.165) is 22.8 Å². The number of benzene rings is 1. The molecule has 3 aromatic rings. The van der Waals surface area contributed by atoms with Gasteiger partial charge in [0.15, 0.2) is 0 Å². The van der Waals surface area contributed by atoms with Crippen LogP contribution < -0.4 is 5.32 Å². The van der Waals surface area contributed by atoms with E-state index in [2.05, 4.69) is 59.7 Å².